The van der Waals surface area contributed by atoms with Gasteiger partial charge in [-0.1, -0.05) is 13.0 Å². The first kappa shape index (κ1) is 12.7. The molecule has 0 unspecified atom stereocenters. The van der Waals surface area contributed by atoms with Crippen LogP contribution < -0.4 is 5.32 Å². The molecular weight excluding hydrogens is 206 g/mol. The van der Waals surface area contributed by atoms with Gasteiger partial charge in [-0.05, 0) is 31.7 Å². The smallest absolute Gasteiger partial charge is 0.0809 e. The minimum Gasteiger partial charge on any atom is -0.375 e. The molecule has 2 nitrogen and oxygen atoms in total. The van der Waals surface area contributed by atoms with E-state index >= 15 is 0 Å². The van der Waals surface area contributed by atoms with E-state index in [4.69, 9.17) is 4.74 Å². The van der Waals surface area contributed by atoms with E-state index in [1.54, 1.807) is 11.3 Å². The maximum Gasteiger partial charge on any atom is 0.0809 e. The first-order chi connectivity index (χ1) is 7.14. The predicted octanol–water partition coefficient (Wildman–Crippen LogP) is 3.04. The average molecular weight is 227 g/mol. The van der Waals surface area contributed by atoms with E-state index in [1.807, 2.05) is 0 Å². The molecule has 86 valence electrons. The SMILES string of the molecule is CCC(C)(C)NCCOCc1cccs1. The van der Waals surface area contributed by atoms with Gasteiger partial charge in [-0.3, -0.25) is 0 Å². The quantitative estimate of drug-likeness (QED) is 0.723. The van der Waals surface area contributed by atoms with Gasteiger partial charge in [0.1, 0.15) is 0 Å². The molecule has 0 fully saturated rings. The maximum atomic E-state index is 5.57. The molecule has 0 saturated carbocycles. The van der Waals surface area contributed by atoms with E-state index in [1.165, 1.54) is 4.88 Å². The highest BCUT2D eigenvalue weighted by Gasteiger charge is 2.12. The maximum absolute atomic E-state index is 5.57. The molecule has 0 saturated heterocycles. The van der Waals surface area contributed by atoms with Gasteiger partial charge in [-0.25, -0.2) is 0 Å². The summed E-state index contributed by atoms with van der Waals surface area (Å²) in [6.07, 6.45) is 1.14. The van der Waals surface area contributed by atoms with Crippen molar-refractivity contribution in [1.29, 1.82) is 0 Å². The number of hydrogen-bond donors (Lipinski definition) is 1. The van der Waals surface area contributed by atoms with Crippen molar-refractivity contribution in [2.24, 2.45) is 0 Å². The molecule has 3 heteroatoms. The summed E-state index contributed by atoms with van der Waals surface area (Å²) in [6, 6.07) is 4.16. The molecule has 1 aromatic rings. The topological polar surface area (TPSA) is 21.3 Å². The minimum absolute atomic E-state index is 0.228. The Hall–Kier alpha value is -0.380. The van der Waals surface area contributed by atoms with Crippen LogP contribution in [0.4, 0.5) is 0 Å². The zero-order chi connectivity index (χ0) is 11.1. The van der Waals surface area contributed by atoms with E-state index in [-0.39, 0.29) is 5.54 Å². The van der Waals surface area contributed by atoms with E-state index in [2.05, 4.69) is 43.6 Å². The molecule has 1 rings (SSSR count). The fourth-order valence-corrected chi connectivity index (χ4v) is 1.79. The van der Waals surface area contributed by atoms with Gasteiger partial charge in [0.25, 0.3) is 0 Å². The first-order valence-electron chi connectivity index (χ1n) is 5.49. The van der Waals surface area contributed by atoms with Gasteiger partial charge in [-0.15, -0.1) is 11.3 Å². The summed E-state index contributed by atoms with van der Waals surface area (Å²) in [7, 11) is 0. The van der Waals surface area contributed by atoms with Crippen LogP contribution in [0.3, 0.4) is 0 Å². The van der Waals surface area contributed by atoms with Crippen molar-refractivity contribution in [2.45, 2.75) is 39.3 Å². The third kappa shape index (κ3) is 5.30. The number of thiophene rings is 1. The van der Waals surface area contributed by atoms with E-state index < -0.39 is 0 Å². The van der Waals surface area contributed by atoms with Crippen molar-refractivity contribution in [3.63, 3.8) is 0 Å². The lowest BCUT2D eigenvalue weighted by molar-refractivity contribution is 0.119. The van der Waals surface area contributed by atoms with E-state index in [0.717, 1.165) is 26.2 Å². The van der Waals surface area contributed by atoms with Gasteiger partial charge in [0.15, 0.2) is 0 Å². The molecule has 0 aliphatic carbocycles. The molecule has 1 heterocycles. The van der Waals surface area contributed by atoms with Crippen LogP contribution in [-0.2, 0) is 11.3 Å². The summed E-state index contributed by atoms with van der Waals surface area (Å²) >= 11 is 1.75. The summed E-state index contributed by atoms with van der Waals surface area (Å²) in [4.78, 5) is 1.30. The Morgan fingerprint density at radius 3 is 2.87 bits per heavy atom. The Morgan fingerprint density at radius 2 is 2.27 bits per heavy atom. The van der Waals surface area contributed by atoms with Crippen LogP contribution in [0, 0.1) is 0 Å². The summed E-state index contributed by atoms with van der Waals surface area (Å²) in [6.45, 7) is 9.07. The van der Waals surface area contributed by atoms with Crippen molar-refractivity contribution in [1.82, 2.24) is 5.32 Å². The van der Waals surface area contributed by atoms with Crippen LogP contribution in [0.15, 0.2) is 17.5 Å². The summed E-state index contributed by atoms with van der Waals surface area (Å²) in [5, 5.41) is 5.55. The number of rotatable bonds is 7. The highest BCUT2D eigenvalue weighted by molar-refractivity contribution is 7.09. The van der Waals surface area contributed by atoms with Gasteiger partial charge < -0.3 is 10.1 Å². The normalized spacial score (nSPS) is 11.9. The molecule has 0 amide bonds. The van der Waals surface area contributed by atoms with E-state index in [9.17, 15) is 0 Å². The Kier molecular flexibility index (Phi) is 5.29. The molecule has 0 bridgehead atoms. The second kappa shape index (κ2) is 6.26. The lowest BCUT2D eigenvalue weighted by atomic mass is 10.0. The van der Waals surface area contributed by atoms with Crippen LogP contribution in [0.2, 0.25) is 0 Å². The van der Waals surface area contributed by atoms with Gasteiger partial charge in [0.05, 0.1) is 13.2 Å². The zero-order valence-electron chi connectivity index (χ0n) is 9.88. The van der Waals surface area contributed by atoms with Crippen molar-refractivity contribution in [3.8, 4) is 0 Å². The molecule has 0 aliphatic heterocycles. The first-order valence-corrected chi connectivity index (χ1v) is 6.37. The lowest BCUT2D eigenvalue weighted by Crippen LogP contribution is -2.40. The van der Waals surface area contributed by atoms with Gasteiger partial charge in [-0.2, -0.15) is 0 Å². The molecule has 0 aromatic carbocycles. The third-order valence-electron chi connectivity index (χ3n) is 2.56. The Balaban J connectivity index is 2.03. The van der Waals surface area contributed by atoms with Crippen LogP contribution in [0.5, 0.6) is 0 Å². The Labute approximate surface area is 96.7 Å². The molecular formula is C12H21NOS. The Morgan fingerprint density at radius 1 is 1.47 bits per heavy atom. The van der Waals surface area contributed by atoms with Gasteiger partial charge >= 0.3 is 0 Å². The molecule has 15 heavy (non-hydrogen) atoms. The Bertz CT molecular complexity index is 257. The van der Waals surface area contributed by atoms with Crippen LogP contribution >= 0.6 is 11.3 Å². The van der Waals surface area contributed by atoms with Crippen molar-refractivity contribution < 1.29 is 4.74 Å². The number of nitrogens with one attached hydrogen (secondary N) is 1. The molecule has 0 aliphatic rings. The van der Waals surface area contributed by atoms with Crippen molar-refractivity contribution in [3.05, 3.63) is 22.4 Å². The molecule has 1 N–H and O–H groups in total. The third-order valence-corrected chi connectivity index (χ3v) is 3.41. The number of ether oxygens (including phenoxy) is 1. The van der Waals surface area contributed by atoms with Crippen LogP contribution in [-0.4, -0.2) is 18.7 Å². The largest absolute Gasteiger partial charge is 0.375 e. The monoisotopic (exact) mass is 227 g/mol. The van der Waals surface area contributed by atoms with Crippen molar-refractivity contribution >= 4 is 11.3 Å². The lowest BCUT2D eigenvalue weighted by Gasteiger charge is -2.24. The fourth-order valence-electron chi connectivity index (χ4n) is 1.15. The average Bonchev–Trinajstić information content (AvgIpc) is 2.70. The molecule has 0 spiro atoms. The van der Waals surface area contributed by atoms with Gasteiger partial charge in [0.2, 0.25) is 0 Å². The molecule has 1 aromatic heterocycles. The predicted molar refractivity (Wildman–Crippen MR) is 66.3 cm³/mol. The summed E-state index contributed by atoms with van der Waals surface area (Å²) in [5.74, 6) is 0. The second-order valence-electron chi connectivity index (χ2n) is 4.30. The second-order valence-corrected chi connectivity index (χ2v) is 5.33. The molecule has 0 atom stereocenters. The highest BCUT2D eigenvalue weighted by atomic mass is 32.1. The summed E-state index contributed by atoms with van der Waals surface area (Å²) in [5.41, 5.74) is 0.228. The van der Waals surface area contributed by atoms with Crippen molar-refractivity contribution in [2.75, 3.05) is 13.2 Å². The number of hydrogen-bond acceptors (Lipinski definition) is 3. The van der Waals surface area contributed by atoms with Crippen LogP contribution in [0.1, 0.15) is 32.1 Å². The standard InChI is InChI=1S/C12H21NOS/c1-4-12(2,3)13-7-8-14-10-11-6-5-9-15-11/h5-6,9,13H,4,7-8,10H2,1-3H3. The van der Waals surface area contributed by atoms with Gasteiger partial charge in [0, 0.05) is 17.0 Å². The highest BCUT2D eigenvalue weighted by Crippen LogP contribution is 2.09. The van der Waals surface area contributed by atoms with Crippen LogP contribution in [0.25, 0.3) is 0 Å². The van der Waals surface area contributed by atoms with E-state index in [0.29, 0.717) is 0 Å². The zero-order valence-corrected chi connectivity index (χ0v) is 10.7. The fraction of sp³-hybridized carbons (Fsp3) is 0.667. The minimum atomic E-state index is 0.228. The molecule has 0 radical (unpaired) electrons. The summed E-state index contributed by atoms with van der Waals surface area (Å²) < 4.78 is 5.57.